The number of phenolic OH excluding ortho intramolecular Hbond substituents is 1. The lowest BCUT2D eigenvalue weighted by molar-refractivity contribution is 0.459. The van der Waals surface area contributed by atoms with E-state index in [-0.39, 0.29) is 20.3 Å². The van der Waals surface area contributed by atoms with Crippen LogP contribution < -0.4 is 5.32 Å². The zero-order valence-corrected chi connectivity index (χ0v) is 11.0. The van der Waals surface area contributed by atoms with Gasteiger partial charge in [-0.05, 0) is 31.5 Å². The van der Waals surface area contributed by atoms with E-state index >= 15 is 0 Å². The maximum atomic E-state index is 12.2. The van der Waals surface area contributed by atoms with Gasteiger partial charge in [-0.3, -0.25) is 5.32 Å². The van der Waals surface area contributed by atoms with Crippen LogP contribution in [0, 0.1) is 5.37 Å². The molecule has 0 bridgehead atoms. The van der Waals surface area contributed by atoms with Gasteiger partial charge in [0.2, 0.25) is 9.84 Å². The van der Waals surface area contributed by atoms with Crippen LogP contribution >= 0.6 is 23.2 Å². The molecule has 0 aromatic heterocycles. The summed E-state index contributed by atoms with van der Waals surface area (Å²) in [6, 6.07) is 2.50. The molecule has 4 nitrogen and oxygen atoms in total. The summed E-state index contributed by atoms with van der Waals surface area (Å²) < 4.78 is 24.4. The number of aromatic hydroxyl groups is 1. The Balaban J connectivity index is 2.52. The first-order chi connectivity index (χ1) is 7.93. The van der Waals surface area contributed by atoms with Crippen molar-refractivity contribution in [2.45, 2.75) is 17.7 Å². The molecular weight excluding hydrogens is 285 g/mol. The van der Waals surface area contributed by atoms with Crippen molar-refractivity contribution in [1.82, 2.24) is 5.32 Å². The van der Waals surface area contributed by atoms with Crippen LogP contribution in [0.1, 0.15) is 12.8 Å². The summed E-state index contributed by atoms with van der Waals surface area (Å²) >= 11 is 11.4. The average Bonchev–Trinajstić information content (AvgIpc) is 2.76. The fourth-order valence-electron chi connectivity index (χ4n) is 1.67. The molecule has 1 radical (unpaired) electrons. The summed E-state index contributed by atoms with van der Waals surface area (Å²) in [7, 11) is -3.73. The molecule has 2 rings (SSSR count). The van der Waals surface area contributed by atoms with E-state index < -0.39 is 15.6 Å². The molecule has 93 valence electrons. The van der Waals surface area contributed by atoms with E-state index in [1.54, 1.807) is 0 Å². The van der Waals surface area contributed by atoms with E-state index in [2.05, 4.69) is 5.32 Å². The molecule has 0 amide bonds. The fourth-order valence-corrected chi connectivity index (χ4v) is 3.91. The molecule has 0 saturated carbocycles. The smallest absolute Gasteiger partial charge is 0.203 e. The van der Waals surface area contributed by atoms with Gasteiger partial charge in [-0.15, -0.1) is 0 Å². The predicted molar refractivity (Wildman–Crippen MR) is 65.8 cm³/mol. The lowest BCUT2D eigenvalue weighted by atomic mass is 10.3. The predicted octanol–water partition coefficient (Wildman–Crippen LogP) is 2.35. The van der Waals surface area contributed by atoms with Crippen LogP contribution in [0.5, 0.6) is 5.75 Å². The van der Waals surface area contributed by atoms with Crippen LogP contribution in [-0.2, 0) is 9.84 Å². The molecule has 0 atom stereocenters. The Labute approximate surface area is 109 Å². The van der Waals surface area contributed by atoms with Crippen molar-refractivity contribution in [2.75, 3.05) is 6.54 Å². The number of sulfone groups is 1. The topological polar surface area (TPSA) is 66.4 Å². The van der Waals surface area contributed by atoms with Crippen LogP contribution in [0.4, 0.5) is 0 Å². The van der Waals surface area contributed by atoms with Crippen molar-refractivity contribution < 1.29 is 13.5 Å². The Bertz CT molecular complexity index is 539. The number of halogens is 2. The van der Waals surface area contributed by atoms with Crippen LogP contribution in [0.15, 0.2) is 17.0 Å². The third-order valence-corrected chi connectivity index (χ3v) is 4.90. The summed E-state index contributed by atoms with van der Waals surface area (Å²) in [5.41, 5.74) is 0. The molecule has 17 heavy (non-hydrogen) atoms. The van der Waals surface area contributed by atoms with E-state index in [0.717, 1.165) is 6.42 Å². The second kappa shape index (κ2) is 4.65. The van der Waals surface area contributed by atoms with Gasteiger partial charge in [-0.25, -0.2) is 8.42 Å². The van der Waals surface area contributed by atoms with Crippen molar-refractivity contribution in [2.24, 2.45) is 0 Å². The van der Waals surface area contributed by atoms with Gasteiger partial charge in [0.25, 0.3) is 0 Å². The number of nitrogens with one attached hydrogen (secondary N) is 1. The van der Waals surface area contributed by atoms with Crippen molar-refractivity contribution >= 4 is 33.0 Å². The zero-order chi connectivity index (χ0) is 12.6. The van der Waals surface area contributed by atoms with Gasteiger partial charge in [0.05, 0.1) is 5.02 Å². The minimum absolute atomic E-state index is 0.0744. The van der Waals surface area contributed by atoms with Gasteiger partial charge in [-0.2, -0.15) is 0 Å². The summed E-state index contributed by atoms with van der Waals surface area (Å²) in [5, 5.41) is 12.8. The first kappa shape index (κ1) is 13.0. The lowest BCUT2D eigenvalue weighted by Gasteiger charge is -2.13. The van der Waals surface area contributed by atoms with Crippen molar-refractivity contribution in [3.05, 3.63) is 27.6 Å². The SMILES string of the molecule is O=S(=O)([C]1CCCN1)c1cc(Cl)cc(Cl)c1O. The van der Waals surface area contributed by atoms with Gasteiger partial charge in [-0.1, -0.05) is 23.2 Å². The molecule has 1 aliphatic rings. The van der Waals surface area contributed by atoms with Gasteiger partial charge in [0.15, 0.2) is 11.1 Å². The van der Waals surface area contributed by atoms with Crippen molar-refractivity contribution in [1.29, 1.82) is 0 Å². The number of hydrogen-bond donors (Lipinski definition) is 2. The summed E-state index contributed by atoms with van der Waals surface area (Å²) in [6.07, 6.45) is 1.19. The Hall–Kier alpha value is -0.490. The van der Waals surface area contributed by atoms with Crippen molar-refractivity contribution in [3.63, 3.8) is 0 Å². The van der Waals surface area contributed by atoms with Gasteiger partial charge < -0.3 is 5.11 Å². The summed E-state index contributed by atoms with van der Waals surface area (Å²) in [6.45, 7) is 0.615. The van der Waals surface area contributed by atoms with Gasteiger partial charge >= 0.3 is 0 Å². The van der Waals surface area contributed by atoms with E-state index in [0.29, 0.717) is 13.0 Å². The number of hydrogen-bond acceptors (Lipinski definition) is 4. The summed E-state index contributed by atoms with van der Waals surface area (Å²) in [5.74, 6) is -0.461. The summed E-state index contributed by atoms with van der Waals surface area (Å²) in [4.78, 5) is -0.251. The molecule has 1 heterocycles. The highest BCUT2D eigenvalue weighted by Gasteiger charge is 2.34. The highest BCUT2D eigenvalue weighted by molar-refractivity contribution is 7.94. The molecule has 0 spiro atoms. The average molecular weight is 295 g/mol. The van der Waals surface area contributed by atoms with E-state index in [1.165, 1.54) is 12.1 Å². The van der Waals surface area contributed by atoms with Gasteiger partial charge in [0.1, 0.15) is 4.90 Å². The monoisotopic (exact) mass is 294 g/mol. The van der Waals surface area contributed by atoms with Crippen LogP contribution in [-0.4, -0.2) is 20.1 Å². The molecule has 0 aliphatic carbocycles. The molecule has 2 N–H and O–H groups in total. The number of phenols is 1. The Kier molecular flexibility index (Phi) is 3.54. The first-order valence-corrected chi connectivity index (χ1v) is 7.19. The maximum absolute atomic E-state index is 12.2. The quantitative estimate of drug-likeness (QED) is 0.879. The van der Waals surface area contributed by atoms with Crippen LogP contribution in [0.25, 0.3) is 0 Å². The normalized spacial score (nSPS) is 17.5. The third kappa shape index (κ3) is 2.38. The fraction of sp³-hybridized carbons (Fsp3) is 0.300. The van der Waals surface area contributed by atoms with E-state index in [4.69, 9.17) is 23.2 Å². The van der Waals surface area contributed by atoms with Gasteiger partial charge in [0, 0.05) is 5.02 Å². The Morgan fingerprint density at radius 3 is 2.59 bits per heavy atom. The van der Waals surface area contributed by atoms with E-state index in [1.807, 2.05) is 0 Å². The highest BCUT2D eigenvalue weighted by atomic mass is 35.5. The lowest BCUT2D eigenvalue weighted by Crippen LogP contribution is -2.22. The van der Waals surface area contributed by atoms with Crippen LogP contribution in [0.2, 0.25) is 10.0 Å². The minimum Gasteiger partial charge on any atom is -0.505 e. The standard InChI is InChI=1S/C10H10Cl2NO3S/c11-6-4-7(12)10(14)8(5-6)17(15,16)9-2-1-3-13-9/h4-5,13-14H,1-3H2. The molecule has 1 aromatic rings. The molecular formula is C10H10Cl2NO3S. The number of benzene rings is 1. The van der Waals surface area contributed by atoms with Crippen molar-refractivity contribution in [3.8, 4) is 5.75 Å². The second-order valence-electron chi connectivity index (χ2n) is 3.69. The molecule has 7 heteroatoms. The third-order valence-electron chi connectivity index (χ3n) is 2.51. The number of rotatable bonds is 2. The molecule has 1 fully saturated rings. The maximum Gasteiger partial charge on any atom is 0.203 e. The second-order valence-corrected chi connectivity index (χ2v) is 6.47. The zero-order valence-electron chi connectivity index (χ0n) is 8.70. The molecule has 1 aliphatic heterocycles. The highest BCUT2D eigenvalue weighted by Crippen LogP contribution is 2.38. The first-order valence-electron chi connectivity index (χ1n) is 4.95. The largest absolute Gasteiger partial charge is 0.505 e. The Morgan fingerprint density at radius 1 is 1.29 bits per heavy atom. The minimum atomic E-state index is -3.73. The van der Waals surface area contributed by atoms with Crippen LogP contribution in [0.3, 0.4) is 0 Å². The molecule has 1 saturated heterocycles. The van der Waals surface area contributed by atoms with E-state index in [9.17, 15) is 13.5 Å². The molecule has 0 unspecified atom stereocenters. The Morgan fingerprint density at radius 2 is 2.00 bits per heavy atom. The molecule has 1 aromatic carbocycles.